The van der Waals surface area contributed by atoms with E-state index in [4.69, 9.17) is 5.73 Å². The average Bonchev–Trinajstić information content (AvgIpc) is 2.01. The molecular weight excluding hydrogens is 160 g/mol. The van der Waals surface area contributed by atoms with Gasteiger partial charge in [0.15, 0.2) is 0 Å². The number of hydrogen-bond acceptors (Lipinski definition) is 2. The van der Waals surface area contributed by atoms with Gasteiger partial charge in [0, 0.05) is 12.1 Å². The van der Waals surface area contributed by atoms with Crippen molar-refractivity contribution in [3.05, 3.63) is 0 Å². The molecule has 2 heteroatoms. The number of nitrogens with two attached hydrogens (primary N) is 1. The van der Waals surface area contributed by atoms with Gasteiger partial charge in [-0.15, -0.1) is 0 Å². The summed E-state index contributed by atoms with van der Waals surface area (Å²) < 4.78 is 0. The maximum absolute atomic E-state index is 5.85. The maximum Gasteiger partial charge on any atom is 0.0306 e. The van der Waals surface area contributed by atoms with Crippen molar-refractivity contribution in [3.63, 3.8) is 0 Å². The van der Waals surface area contributed by atoms with Gasteiger partial charge in [-0.05, 0) is 31.7 Å². The van der Waals surface area contributed by atoms with E-state index < -0.39 is 0 Å². The monoisotopic (exact) mass is 186 g/mol. The lowest BCUT2D eigenvalue weighted by atomic mass is 9.82. The van der Waals surface area contributed by atoms with E-state index in [0.717, 1.165) is 19.4 Å². The molecule has 3 N–H and O–H groups in total. The number of likely N-dealkylation sites (N-methyl/N-ethyl adjacent to an activating group) is 1. The number of hydrogen-bond donors (Lipinski definition) is 2. The van der Waals surface area contributed by atoms with E-state index in [9.17, 15) is 0 Å². The molecular formula is C11H26N2. The summed E-state index contributed by atoms with van der Waals surface area (Å²) in [4.78, 5) is 0. The summed E-state index contributed by atoms with van der Waals surface area (Å²) in [7, 11) is 2.03. The number of nitrogens with one attached hydrogen (secondary N) is 1. The summed E-state index contributed by atoms with van der Waals surface area (Å²) in [5, 5.41) is 3.40. The van der Waals surface area contributed by atoms with Gasteiger partial charge in [-0.25, -0.2) is 0 Å². The van der Waals surface area contributed by atoms with Crippen LogP contribution in [0.25, 0.3) is 0 Å². The minimum absolute atomic E-state index is 0.155. The molecule has 0 aliphatic carbocycles. The molecule has 0 amide bonds. The highest BCUT2D eigenvalue weighted by atomic mass is 15.0. The van der Waals surface area contributed by atoms with Crippen molar-refractivity contribution in [1.29, 1.82) is 0 Å². The van der Waals surface area contributed by atoms with Crippen LogP contribution in [0.3, 0.4) is 0 Å². The highest BCUT2D eigenvalue weighted by Gasteiger charge is 2.28. The molecule has 0 fully saturated rings. The van der Waals surface area contributed by atoms with E-state index in [1.54, 1.807) is 0 Å². The second-order valence-electron chi connectivity index (χ2n) is 4.93. The van der Waals surface area contributed by atoms with E-state index in [2.05, 4.69) is 33.0 Å². The average molecular weight is 186 g/mol. The van der Waals surface area contributed by atoms with Gasteiger partial charge in [-0.3, -0.25) is 0 Å². The summed E-state index contributed by atoms with van der Waals surface area (Å²) in [5.41, 5.74) is 6.01. The summed E-state index contributed by atoms with van der Waals surface area (Å²) in [6, 6.07) is 0. The first-order valence-corrected chi connectivity index (χ1v) is 5.34. The molecule has 0 spiro atoms. The van der Waals surface area contributed by atoms with Gasteiger partial charge >= 0.3 is 0 Å². The molecule has 0 heterocycles. The minimum atomic E-state index is 0.155. The molecule has 0 aromatic carbocycles. The minimum Gasteiger partial charge on any atom is -0.329 e. The van der Waals surface area contributed by atoms with Crippen LogP contribution in [0.15, 0.2) is 0 Å². The van der Waals surface area contributed by atoms with Crippen molar-refractivity contribution >= 4 is 0 Å². The Labute approximate surface area is 83.3 Å². The molecule has 80 valence electrons. The topological polar surface area (TPSA) is 38.0 Å². The second kappa shape index (κ2) is 5.61. The highest BCUT2D eigenvalue weighted by molar-refractivity contribution is 4.89. The van der Waals surface area contributed by atoms with Gasteiger partial charge in [0.25, 0.3) is 0 Å². The molecule has 0 saturated carbocycles. The van der Waals surface area contributed by atoms with Crippen molar-refractivity contribution in [2.75, 3.05) is 13.6 Å². The molecule has 0 atom stereocenters. The van der Waals surface area contributed by atoms with Gasteiger partial charge in [-0.2, -0.15) is 0 Å². The normalized spacial score (nSPS) is 12.9. The Morgan fingerprint density at radius 1 is 1.08 bits per heavy atom. The van der Waals surface area contributed by atoms with E-state index in [1.807, 2.05) is 7.05 Å². The van der Waals surface area contributed by atoms with Crippen LogP contribution in [-0.4, -0.2) is 19.1 Å². The zero-order valence-electron chi connectivity index (χ0n) is 9.85. The van der Waals surface area contributed by atoms with Gasteiger partial charge in [0.2, 0.25) is 0 Å². The van der Waals surface area contributed by atoms with E-state index in [-0.39, 0.29) is 5.54 Å². The highest BCUT2D eigenvalue weighted by Crippen LogP contribution is 2.23. The van der Waals surface area contributed by atoms with Crippen LogP contribution >= 0.6 is 0 Å². The van der Waals surface area contributed by atoms with E-state index in [0.29, 0.717) is 11.8 Å². The zero-order chi connectivity index (χ0) is 10.5. The van der Waals surface area contributed by atoms with Crippen molar-refractivity contribution in [3.8, 4) is 0 Å². The fraction of sp³-hybridized carbons (Fsp3) is 1.00. The molecule has 13 heavy (non-hydrogen) atoms. The molecule has 0 aliphatic heterocycles. The van der Waals surface area contributed by atoms with Crippen LogP contribution in [0, 0.1) is 11.8 Å². The summed E-state index contributed by atoms with van der Waals surface area (Å²) in [5.74, 6) is 1.41. The van der Waals surface area contributed by atoms with Crippen molar-refractivity contribution in [2.24, 2.45) is 17.6 Å². The summed E-state index contributed by atoms with van der Waals surface area (Å²) in [6.45, 7) is 9.74. The van der Waals surface area contributed by atoms with Crippen LogP contribution in [0.1, 0.15) is 40.5 Å². The molecule has 0 aromatic heterocycles. The van der Waals surface area contributed by atoms with Crippen molar-refractivity contribution in [1.82, 2.24) is 5.32 Å². The summed E-state index contributed by atoms with van der Waals surface area (Å²) in [6.07, 6.45) is 2.33. The van der Waals surface area contributed by atoms with Crippen LogP contribution in [0.4, 0.5) is 0 Å². The first-order valence-electron chi connectivity index (χ1n) is 5.34. The van der Waals surface area contributed by atoms with Gasteiger partial charge in [-0.1, -0.05) is 27.7 Å². The number of rotatable bonds is 6. The molecule has 0 unspecified atom stereocenters. The Hall–Kier alpha value is -0.0800. The van der Waals surface area contributed by atoms with Gasteiger partial charge < -0.3 is 11.1 Å². The molecule has 0 rings (SSSR count). The van der Waals surface area contributed by atoms with Crippen LogP contribution in [0.2, 0.25) is 0 Å². The van der Waals surface area contributed by atoms with E-state index in [1.165, 1.54) is 0 Å². The van der Waals surface area contributed by atoms with E-state index >= 15 is 0 Å². The first kappa shape index (κ1) is 12.9. The van der Waals surface area contributed by atoms with Crippen LogP contribution < -0.4 is 11.1 Å². The molecule has 0 aromatic rings. The Bertz CT molecular complexity index is 114. The van der Waals surface area contributed by atoms with Gasteiger partial charge in [0.05, 0.1) is 0 Å². The molecule has 0 radical (unpaired) electrons. The predicted octanol–water partition coefficient (Wildman–Crippen LogP) is 2.00. The van der Waals surface area contributed by atoms with Crippen LogP contribution in [0.5, 0.6) is 0 Å². The Kier molecular flexibility index (Phi) is 5.57. The largest absolute Gasteiger partial charge is 0.329 e. The first-order chi connectivity index (χ1) is 5.95. The lowest BCUT2D eigenvalue weighted by Crippen LogP contribution is -2.51. The molecule has 0 bridgehead atoms. The van der Waals surface area contributed by atoms with Crippen LogP contribution in [-0.2, 0) is 0 Å². The third kappa shape index (κ3) is 4.63. The third-order valence-corrected chi connectivity index (χ3v) is 2.52. The Morgan fingerprint density at radius 3 is 1.62 bits per heavy atom. The molecule has 2 nitrogen and oxygen atoms in total. The maximum atomic E-state index is 5.85. The quantitative estimate of drug-likeness (QED) is 0.666. The van der Waals surface area contributed by atoms with Crippen molar-refractivity contribution < 1.29 is 0 Å². The smallest absolute Gasteiger partial charge is 0.0306 e. The SMILES string of the molecule is CNC(CN)(CC(C)C)CC(C)C. The molecule has 0 aliphatic rings. The second-order valence-corrected chi connectivity index (χ2v) is 4.93. The van der Waals surface area contributed by atoms with Crippen molar-refractivity contribution in [2.45, 2.75) is 46.1 Å². The zero-order valence-corrected chi connectivity index (χ0v) is 9.85. The third-order valence-electron chi connectivity index (χ3n) is 2.52. The Balaban J connectivity index is 4.30. The lowest BCUT2D eigenvalue weighted by molar-refractivity contribution is 0.244. The standard InChI is InChI=1S/C11H26N2/c1-9(2)6-11(8-12,13-5)7-10(3)4/h9-10,13H,6-8,12H2,1-5H3. The lowest BCUT2D eigenvalue weighted by Gasteiger charge is -2.35. The summed E-state index contributed by atoms with van der Waals surface area (Å²) >= 11 is 0. The van der Waals surface area contributed by atoms with Gasteiger partial charge in [0.1, 0.15) is 0 Å². The fourth-order valence-corrected chi connectivity index (χ4v) is 2.12. The predicted molar refractivity (Wildman–Crippen MR) is 59.8 cm³/mol. The fourth-order valence-electron chi connectivity index (χ4n) is 2.12. The molecule has 0 saturated heterocycles. The Morgan fingerprint density at radius 2 is 1.46 bits per heavy atom.